The Morgan fingerprint density at radius 1 is 1.08 bits per heavy atom. The molecule has 0 saturated heterocycles. The topological polar surface area (TPSA) is 81.4 Å². The van der Waals surface area contributed by atoms with Gasteiger partial charge in [0, 0.05) is 5.69 Å². The van der Waals surface area contributed by atoms with E-state index in [1.54, 1.807) is 42.5 Å². The fraction of sp³-hybridized carbons (Fsp3) is 0.176. The summed E-state index contributed by atoms with van der Waals surface area (Å²) >= 11 is 11.9. The van der Waals surface area contributed by atoms with Crippen molar-refractivity contribution in [1.29, 1.82) is 0 Å². The van der Waals surface area contributed by atoms with Gasteiger partial charge in [0.2, 0.25) is 11.8 Å². The predicted molar refractivity (Wildman–Crippen MR) is 94.5 cm³/mol. The molecule has 0 spiro atoms. The summed E-state index contributed by atoms with van der Waals surface area (Å²) in [6.45, 7) is 0.143. The molecule has 3 N–H and O–H groups in total. The minimum Gasteiger partial charge on any atom is -0.491 e. The monoisotopic (exact) mass is 366 g/mol. The zero-order valence-electron chi connectivity index (χ0n) is 12.7. The van der Waals surface area contributed by atoms with Gasteiger partial charge in [0.05, 0.1) is 24.5 Å². The molecule has 0 atom stereocenters. The molecule has 0 radical (unpaired) electrons. The van der Waals surface area contributed by atoms with Crippen molar-refractivity contribution in [1.82, 2.24) is 0 Å². The average Bonchev–Trinajstić information content (AvgIpc) is 2.53. The van der Waals surface area contributed by atoms with Crippen LogP contribution in [0, 0.1) is 0 Å². The number of rotatable bonds is 7. The van der Waals surface area contributed by atoms with Crippen molar-refractivity contribution >= 4 is 40.7 Å². The molecule has 5 nitrogen and oxygen atoms in total. The number of nitrogens with two attached hydrogens (primary N) is 1. The number of ether oxygens (including phenoxy) is 1. The largest absolute Gasteiger partial charge is 0.491 e. The first kappa shape index (κ1) is 18.1. The van der Waals surface area contributed by atoms with Gasteiger partial charge in [0.1, 0.15) is 10.8 Å². The molecule has 2 aromatic carbocycles. The van der Waals surface area contributed by atoms with Crippen LogP contribution in [0.2, 0.25) is 10.0 Å². The summed E-state index contributed by atoms with van der Waals surface area (Å²) in [7, 11) is 0. The Labute approximate surface area is 149 Å². The zero-order chi connectivity index (χ0) is 17.5. The number of para-hydroxylation sites is 1. The molecule has 0 aliphatic rings. The van der Waals surface area contributed by atoms with Crippen LogP contribution < -0.4 is 15.8 Å². The zero-order valence-corrected chi connectivity index (χ0v) is 14.2. The normalized spacial score (nSPS) is 10.2. The quantitative estimate of drug-likeness (QED) is 0.787. The highest BCUT2D eigenvalue weighted by Crippen LogP contribution is 2.31. The van der Waals surface area contributed by atoms with Crippen molar-refractivity contribution in [3.63, 3.8) is 0 Å². The van der Waals surface area contributed by atoms with E-state index >= 15 is 0 Å². The van der Waals surface area contributed by atoms with Gasteiger partial charge in [-0.15, -0.1) is 0 Å². The molecule has 126 valence electrons. The van der Waals surface area contributed by atoms with Crippen LogP contribution in [0.3, 0.4) is 0 Å². The predicted octanol–water partition coefficient (Wildman–Crippen LogP) is 3.43. The van der Waals surface area contributed by atoms with Crippen molar-refractivity contribution in [2.24, 2.45) is 5.73 Å². The first-order valence-corrected chi connectivity index (χ1v) is 7.96. The molecule has 0 saturated carbocycles. The fourth-order valence-corrected chi connectivity index (χ4v) is 2.39. The standard InChI is InChI=1S/C17H16Cl2N2O3/c18-12-5-3-7-14(17(12)19)24-9-8-16(23)21-13-6-2-1-4-11(13)10-15(20)22/h1-7H,8-10H2,(H2,20,22)(H,21,23). The fourth-order valence-electron chi connectivity index (χ4n) is 2.05. The van der Waals surface area contributed by atoms with Crippen LogP contribution in [0.15, 0.2) is 42.5 Å². The van der Waals surface area contributed by atoms with Crippen molar-refractivity contribution in [3.8, 4) is 5.75 Å². The van der Waals surface area contributed by atoms with Gasteiger partial charge in [-0.1, -0.05) is 47.5 Å². The first-order valence-electron chi connectivity index (χ1n) is 7.20. The summed E-state index contributed by atoms with van der Waals surface area (Å²) < 4.78 is 5.47. The van der Waals surface area contributed by atoms with E-state index in [9.17, 15) is 9.59 Å². The third-order valence-corrected chi connectivity index (χ3v) is 3.96. The smallest absolute Gasteiger partial charge is 0.227 e. The Hall–Kier alpha value is -2.24. The van der Waals surface area contributed by atoms with E-state index < -0.39 is 5.91 Å². The highest BCUT2D eigenvalue weighted by atomic mass is 35.5. The summed E-state index contributed by atoms with van der Waals surface area (Å²) in [6, 6.07) is 12.0. The van der Waals surface area contributed by atoms with E-state index in [0.717, 1.165) is 0 Å². The molecule has 0 heterocycles. The number of primary amides is 1. The molecule has 2 amide bonds. The molecule has 2 aromatic rings. The average molecular weight is 367 g/mol. The highest BCUT2D eigenvalue weighted by molar-refractivity contribution is 6.42. The van der Waals surface area contributed by atoms with Gasteiger partial charge in [-0.25, -0.2) is 0 Å². The maximum absolute atomic E-state index is 12.0. The number of halogens is 2. The lowest BCUT2D eigenvalue weighted by Crippen LogP contribution is -2.19. The summed E-state index contributed by atoms with van der Waals surface area (Å²) in [5.41, 5.74) is 6.42. The van der Waals surface area contributed by atoms with Crippen LogP contribution >= 0.6 is 23.2 Å². The van der Waals surface area contributed by atoms with Crippen LogP contribution in [0.4, 0.5) is 5.69 Å². The SMILES string of the molecule is NC(=O)Cc1ccccc1NC(=O)CCOc1cccc(Cl)c1Cl. The van der Waals surface area contributed by atoms with Gasteiger partial charge in [0.25, 0.3) is 0 Å². The van der Waals surface area contributed by atoms with Gasteiger partial charge in [-0.3, -0.25) is 9.59 Å². The van der Waals surface area contributed by atoms with Crippen LogP contribution in [0.5, 0.6) is 5.75 Å². The maximum atomic E-state index is 12.0. The third-order valence-electron chi connectivity index (χ3n) is 3.16. The molecule has 0 aromatic heterocycles. The van der Waals surface area contributed by atoms with Gasteiger partial charge >= 0.3 is 0 Å². The third kappa shape index (κ3) is 5.15. The molecule has 0 unspecified atom stereocenters. The summed E-state index contributed by atoms with van der Waals surface area (Å²) in [5.74, 6) is -0.285. The van der Waals surface area contributed by atoms with E-state index in [1.165, 1.54) is 0 Å². The number of carbonyl (C=O) groups excluding carboxylic acids is 2. The molecule has 0 fully saturated rings. The lowest BCUT2D eigenvalue weighted by atomic mass is 10.1. The van der Waals surface area contributed by atoms with Crippen LogP contribution in [0.25, 0.3) is 0 Å². The Bertz CT molecular complexity index is 750. The van der Waals surface area contributed by atoms with Crippen LogP contribution in [0.1, 0.15) is 12.0 Å². The van der Waals surface area contributed by atoms with E-state index in [-0.39, 0.29) is 25.4 Å². The highest BCUT2D eigenvalue weighted by Gasteiger charge is 2.10. The van der Waals surface area contributed by atoms with Gasteiger partial charge < -0.3 is 15.8 Å². The van der Waals surface area contributed by atoms with Crippen molar-refractivity contribution in [2.45, 2.75) is 12.8 Å². The van der Waals surface area contributed by atoms with Crippen LogP contribution in [-0.4, -0.2) is 18.4 Å². The molecular formula is C17H16Cl2N2O3. The molecule has 0 aliphatic heterocycles. The van der Waals surface area contributed by atoms with Gasteiger partial charge in [0.15, 0.2) is 0 Å². The van der Waals surface area contributed by atoms with Gasteiger partial charge in [-0.2, -0.15) is 0 Å². The maximum Gasteiger partial charge on any atom is 0.227 e. The van der Waals surface area contributed by atoms with E-state index in [4.69, 9.17) is 33.7 Å². The van der Waals surface area contributed by atoms with E-state index in [1.807, 2.05) is 0 Å². The summed E-state index contributed by atoms with van der Waals surface area (Å²) in [5, 5.41) is 3.44. The van der Waals surface area contributed by atoms with E-state index in [2.05, 4.69) is 5.32 Å². The number of anilines is 1. The Morgan fingerprint density at radius 3 is 2.58 bits per heavy atom. The minimum absolute atomic E-state index is 0.0606. The van der Waals surface area contributed by atoms with E-state index in [0.29, 0.717) is 27.0 Å². The Kier molecular flexibility index (Phi) is 6.46. The van der Waals surface area contributed by atoms with Crippen molar-refractivity contribution in [2.75, 3.05) is 11.9 Å². The molecule has 0 bridgehead atoms. The Morgan fingerprint density at radius 2 is 1.83 bits per heavy atom. The second kappa shape index (κ2) is 8.57. The number of amides is 2. The van der Waals surface area contributed by atoms with Crippen molar-refractivity contribution in [3.05, 3.63) is 58.1 Å². The second-order valence-corrected chi connectivity index (χ2v) is 5.78. The number of hydrogen-bond acceptors (Lipinski definition) is 3. The van der Waals surface area contributed by atoms with Gasteiger partial charge in [-0.05, 0) is 23.8 Å². The van der Waals surface area contributed by atoms with Crippen molar-refractivity contribution < 1.29 is 14.3 Å². The number of carbonyl (C=O) groups is 2. The molecule has 7 heteroatoms. The lowest BCUT2D eigenvalue weighted by Gasteiger charge is -2.11. The lowest BCUT2D eigenvalue weighted by molar-refractivity contribution is -0.118. The first-order chi connectivity index (χ1) is 11.5. The van der Waals surface area contributed by atoms with Crippen LogP contribution in [-0.2, 0) is 16.0 Å². The molecule has 24 heavy (non-hydrogen) atoms. The Balaban J connectivity index is 1.90. The number of nitrogens with one attached hydrogen (secondary N) is 1. The number of hydrogen-bond donors (Lipinski definition) is 2. The summed E-state index contributed by atoms with van der Waals surface area (Å²) in [4.78, 5) is 23.1. The minimum atomic E-state index is -0.462. The summed E-state index contributed by atoms with van der Waals surface area (Å²) in [6.07, 6.45) is 0.179. The molecule has 2 rings (SSSR count). The molecular weight excluding hydrogens is 351 g/mol. The second-order valence-electron chi connectivity index (χ2n) is 5.00. The number of benzene rings is 2. The molecule has 0 aliphatic carbocycles.